The van der Waals surface area contributed by atoms with Gasteiger partial charge in [-0.2, -0.15) is 5.10 Å². The number of rotatable bonds is 6. The lowest BCUT2D eigenvalue weighted by Crippen LogP contribution is -2.12. The molecule has 2 aromatic carbocycles. The summed E-state index contributed by atoms with van der Waals surface area (Å²) in [5.41, 5.74) is 4.06. The molecule has 7 nitrogen and oxygen atoms in total. The molecule has 8 heteroatoms. The van der Waals surface area contributed by atoms with E-state index < -0.39 is 4.92 Å². The second-order valence-electron chi connectivity index (χ2n) is 4.83. The fourth-order valence-corrected chi connectivity index (χ4v) is 2.48. The molecule has 0 radical (unpaired) electrons. The van der Waals surface area contributed by atoms with Crippen LogP contribution < -0.4 is 10.2 Å². The van der Waals surface area contributed by atoms with Crippen molar-refractivity contribution in [3.05, 3.63) is 67.3 Å². The first kappa shape index (κ1) is 17.9. The van der Waals surface area contributed by atoms with Crippen molar-refractivity contribution in [2.75, 3.05) is 0 Å². The summed E-state index contributed by atoms with van der Waals surface area (Å²) in [4.78, 5) is 20.9. The summed E-state index contributed by atoms with van der Waals surface area (Å²) in [6.07, 6.45) is 1.55. The van der Waals surface area contributed by atoms with Crippen molar-refractivity contribution < 1.29 is 14.5 Å². The monoisotopic (exact) mass is 439 g/mol. The highest BCUT2D eigenvalue weighted by Gasteiger charge is 2.06. The Morgan fingerprint density at radius 2 is 2.04 bits per heavy atom. The van der Waals surface area contributed by atoms with Crippen LogP contribution in [-0.4, -0.2) is 17.0 Å². The predicted octanol–water partition coefficient (Wildman–Crippen LogP) is 3.25. The van der Waals surface area contributed by atoms with Crippen molar-refractivity contribution in [1.82, 2.24) is 5.43 Å². The number of hydrazone groups is 1. The van der Waals surface area contributed by atoms with E-state index in [2.05, 4.69) is 33.1 Å². The highest BCUT2D eigenvalue weighted by molar-refractivity contribution is 14.1. The van der Waals surface area contributed by atoms with Crippen LogP contribution in [-0.2, 0) is 11.4 Å². The highest BCUT2D eigenvalue weighted by atomic mass is 127. The molecule has 2 aromatic rings. The Labute approximate surface area is 152 Å². The third kappa shape index (κ3) is 5.30. The van der Waals surface area contributed by atoms with E-state index in [9.17, 15) is 14.9 Å². The highest BCUT2D eigenvalue weighted by Crippen LogP contribution is 2.23. The van der Waals surface area contributed by atoms with Crippen molar-refractivity contribution in [2.24, 2.45) is 5.10 Å². The number of nitrogens with zero attached hydrogens (tertiary/aromatic N) is 2. The van der Waals surface area contributed by atoms with Gasteiger partial charge in [0.2, 0.25) is 5.91 Å². The van der Waals surface area contributed by atoms with Crippen LogP contribution >= 0.6 is 22.6 Å². The maximum absolute atomic E-state index is 10.7. The molecule has 0 unspecified atom stereocenters. The molecule has 1 amide bonds. The number of carbonyl (C=O) groups excluding carboxylic acids is 1. The summed E-state index contributed by atoms with van der Waals surface area (Å²) in [5.74, 6) is 0.467. The molecular weight excluding hydrogens is 425 g/mol. The molecule has 0 aliphatic carbocycles. The number of carbonyl (C=O) groups is 1. The van der Waals surface area contributed by atoms with Gasteiger partial charge >= 0.3 is 0 Å². The molecule has 0 atom stereocenters. The average molecular weight is 439 g/mol. The van der Waals surface area contributed by atoms with Crippen LogP contribution in [0.2, 0.25) is 0 Å². The molecule has 0 fully saturated rings. The first-order chi connectivity index (χ1) is 11.5. The summed E-state index contributed by atoms with van der Waals surface area (Å²) < 4.78 is 6.62. The lowest BCUT2D eigenvalue weighted by atomic mass is 10.2. The van der Waals surface area contributed by atoms with Crippen LogP contribution in [0, 0.1) is 13.7 Å². The number of halogens is 1. The topological polar surface area (TPSA) is 93.8 Å². The minimum absolute atomic E-state index is 0.0520. The number of benzene rings is 2. The molecule has 0 heterocycles. The smallest absolute Gasteiger partial charge is 0.269 e. The van der Waals surface area contributed by atoms with E-state index in [0.29, 0.717) is 12.4 Å². The quantitative estimate of drug-likeness (QED) is 0.324. The van der Waals surface area contributed by atoms with E-state index in [1.165, 1.54) is 19.1 Å². The number of nitrogens with one attached hydrogen (secondary N) is 1. The maximum Gasteiger partial charge on any atom is 0.269 e. The van der Waals surface area contributed by atoms with Crippen molar-refractivity contribution in [2.45, 2.75) is 13.5 Å². The third-order valence-corrected chi connectivity index (χ3v) is 3.78. The summed E-state index contributed by atoms with van der Waals surface area (Å²) in [7, 11) is 0. The van der Waals surface area contributed by atoms with Crippen molar-refractivity contribution in [3.63, 3.8) is 0 Å². The van der Waals surface area contributed by atoms with Gasteiger partial charge < -0.3 is 4.74 Å². The number of ether oxygens (including phenoxy) is 1. The Kier molecular flexibility index (Phi) is 6.24. The van der Waals surface area contributed by atoms with Gasteiger partial charge in [-0.15, -0.1) is 0 Å². The van der Waals surface area contributed by atoms with Crippen LogP contribution in [0.1, 0.15) is 18.1 Å². The Bertz CT molecular complexity index is 775. The van der Waals surface area contributed by atoms with Crippen LogP contribution in [0.3, 0.4) is 0 Å². The van der Waals surface area contributed by atoms with Gasteiger partial charge in [0.15, 0.2) is 0 Å². The molecule has 0 saturated carbocycles. The van der Waals surface area contributed by atoms with Crippen LogP contribution in [0.4, 0.5) is 5.69 Å². The van der Waals surface area contributed by atoms with Gasteiger partial charge in [-0.25, -0.2) is 5.43 Å². The first-order valence-electron chi connectivity index (χ1n) is 6.91. The predicted molar refractivity (Wildman–Crippen MR) is 98.0 cm³/mol. The van der Waals surface area contributed by atoms with Gasteiger partial charge in [-0.05, 0) is 64.0 Å². The molecule has 1 N–H and O–H groups in total. The number of nitro benzene ring substituents is 1. The second kappa shape index (κ2) is 8.39. The second-order valence-corrected chi connectivity index (χ2v) is 5.99. The third-order valence-electron chi connectivity index (χ3n) is 2.93. The van der Waals surface area contributed by atoms with E-state index >= 15 is 0 Å². The molecule has 2 rings (SSSR count). The molecule has 0 saturated heterocycles. The minimum atomic E-state index is -0.436. The SMILES string of the molecule is CC(=O)N/N=C\c1ccc(OCc2ccc([N+](=O)[O-])cc2)c(I)c1. The number of amides is 1. The Morgan fingerprint density at radius 1 is 1.33 bits per heavy atom. The summed E-state index contributed by atoms with van der Waals surface area (Å²) in [5, 5.41) is 14.4. The van der Waals surface area contributed by atoms with E-state index in [1.54, 1.807) is 18.3 Å². The molecule has 24 heavy (non-hydrogen) atoms. The fourth-order valence-electron chi connectivity index (χ4n) is 1.79. The van der Waals surface area contributed by atoms with Crippen molar-refractivity contribution >= 4 is 40.4 Å². The standard InChI is InChI=1S/C16H14IN3O4/c1-11(21)19-18-9-13-4-7-16(15(17)8-13)24-10-12-2-5-14(6-3-12)20(22)23/h2-9H,10H2,1H3,(H,19,21)/b18-9-. The van der Waals surface area contributed by atoms with Gasteiger partial charge in [-0.3, -0.25) is 14.9 Å². The summed E-state index contributed by atoms with van der Waals surface area (Å²) >= 11 is 2.14. The van der Waals surface area contributed by atoms with Gasteiger partial charge in [0, 0.05) is 19.1 Å². The zero-order valence-electron chi connectivity index (χ0n) is 12.7. The Morgan fingerprint density at radius 3 is 2.62 bits per heavy atom. The molecule has 124 valence electrons. The molecule has 0 spiro atoms. The maximum atomic E-state index is 10.7. The number of nitro groups is 1. The van der Waals surface area contributed by atoms with Crippen molar-refractivity contribution in [1.29, 1.82) is 0 Å². The summed E-state index contributed by atoms with van der Waals surface area (Å²) in [6, 6.07) is 11.7. The van der Waals surface area contributed by atoms with Crippen LogP contribution in [0.25, 0.3) is 0 Å². The number of hydrogen-bond acceptors (Lipinski definition) is 5. The van der Waals surface area contributed by atoms with Gasteiger partial charge in [0.1, 0.15) is 12.4 Å². The van der Waals surface area contributed by atoms with E-state index in [-0.39, 0.29) is 11.6 Å². The molecule has 0 aliphatic rings. The average Bonchev–Trinajstić information content (AvgIpc) is 2.54. The van der Waals surface area contributed by atoms with E-state index in [0.717, 1.165) is 14.7 Å². The van der Waals surface area contributed by atoms with Crippen LogP contribution in [0.5, 0.6) is 5.75 Å². The largest absolute Gasteiger partial charge is 0.488 e. The Hall–Kier alpha value is -2.49. The van der Waals surface area contributed by atoms with Gasteiger partial charge in [-0.1, -0.05) is 0 Å². The zero-order valence-corrected chi connectivity index (χ0v) is 14.9. The number of non-ortho nitro benzene ring substituents is 1. The van der Waals surface area contributed by atoms with E-state index in [4.69, 9.17) is 4.74 Å². The first-order valence-corrected chi connectivity index (χ1v) is 7.99. The van der Waals surface area contributed by atoms with Crippen molar-refractivity contribution in [3.8, 4) is 5.75 Å². The van der Waals surface area contributed by atoms with Gasteiger partial charge in [0.25, 0.3) is 5.69 Å². The summed E-state index contributed by atoms with van der Waals surface area (Å²) in [6.45, 7) is 1.70. The minimum Gasteiger partial charge on any atom is -0.488 e. The normalized spacial score (nSPS) is 10.6. The van der Waals surface area contributed by atoms with E-state index in [1.807, 2.05) is 18.2 Å². The molecular formula is C16H14IN3O4. The van der Waals surface area contributed by atoms with Crippen LogP contribution in [0.15, 0.2) is 47.6 Å². The fraction of sp³-hybridized carbons (Fsp3) is 0.125. The zero-order chi connectivity index (χ0) is 17.5. The van der Waals surface area contributed by atoms with Gasteiger partial charge in [0.05, 0.1) is 14.7 Å². The molecule has 0 bridgehead atoms. The lowest BCUT2D eigenvalue weighted by Gasteiger charge is -2.09. The number of hydrogen-bond donors (Lipinski definition) is 1. The molecule has 0 aliphatic heterocycles. The Balaban J connectivity index is 1.98. The molecule has 0 aromatic heterocycles. The lowest BCUT2D eigenvalue weighted by molar-refractivity contribution is -0.384.